The number of aryl methyl sites for hydroxylation is 1. The highest BCUT2D eigenvalue weighted by atomic mass is 35.5. The number of carbonyl (C=O) groups is 1. The summed E-state index contributed by atoms with van der Waals surface area (Å²) in [4.78, 5) is 14.9. The molecule has 0 radical (unpaired) electrons. The molecule has 4 rings (SSSR count). The van der Waals surface area contributed by atoms with Gasteiger partial charge in [0.2, 0.25) is 0 Å². The number of nitrogens with one attached hydrogen (secondary N) is 2. The second-order valence-corrected chi connectivity index (χ2v) is 6.77. The van der Waals surface area contributed by atoms with E-state index in [0.29, 0.717) is 11.3 Å². The van der Waals surface area contributed by atoms with Crippen molar-refractivity contribution >= 4 is 40.6 Å². The maximum atomic E-state index is 14.6. The summed E-state index contributed by atoms with van der Waals surface area (Å²) < 4.78 is 21.6. The van der Waals surface area contributed by atoms with Crippen LogP contribution in [0.3, 0.4) is 0 Å². The summed E-state index contributed by atoms with van der Waals surface area (Å²) >= 11 is 0. The SMILES string of the molecule is COc1cc2nn(C)cc2cc1C(=O)Nc1ccc(N2CCNCC2)cc1F.Cl. The molecular weight excluding hydrogens is 397 g/mol. The molecule has 2 aromatic carbocycles. The van der Waals surface area contributed by atoms with E-state index in [1.165, 1.54) is 13.2 Å². The first kappa shape index (κ1) is 20.9. The fourth-order valence-corrected chi connectivity index (χ4v) is 3.44. The van der Waals surface area contributed by atoms with Crippen molar-refractivity contribution in [2.45, 2.75) is 0 Å². The Labute approximate surface area is 174 Å². The number of hydrogen-bond donors (Lipinski definition) is 2. The topological polar surface area (TPSA) is 71.4 Å². The number of methoxy groups -OCH3 is 1. The number of hydrogen-bond acceptors (Lipinski definition) is 5. The number of rotatable bonds is 4. The lowest BCUT2D eigenvalue weighted by Crippen LogP contribution is -2.43. The fraction of sp³-hybridized carbons (Fsp3) is 0.300. The second kappa shape index (κ2) is 8.67. The number of carbonyl (C=O) groups excluding carboxylic acids is 1. The number of piperazine rings is 1. The highest BCUT2D eigenvalue weighted by molar-refractivity contribution is 6.08. The number of nitrogens with zero attached hydrogens (tertiary/aromatic N) is 3. The number of halogens is 2. The molecule has 1 aliphatic heterocycles. The number of aromatic nitrogens is 2. The molecule has 2 N–H and O–H groups in total. The molecular formula is C20H23ClFN5O2. The van der Waals surface area contributed by atoms with Crippen LogP contribution in [0.5, 0.6) is 5.75 Å². The molecule has 3 aromatic rings. The molecule has 1 saturated heterocycles. The van der Waals surface area contributed by atoms with E-state index >= 15 is 0 Å². The van der Waals surface area contributed by atoms with Gasteiger partial charge in [-0.25, -0.2) is 4.39 Å². The monoisotopic (exact) mass is 419 g/mol. The number of anilines is 2. The first-order valence-corrected chi connectivity index (χ1v) is 9.13. The summed E-state index contributed by atoms with van der Waals surface area (Å²) in [5, 5.41) is 11.0. The summed E-state index contributed by atoms with van der Waals surface area (Å²) in [6.07, 6.45) is 1.81. The average Bonchev–Trinajstić information content (AvgIpc) is 3.08. The van der Waals surface area contributed by atoms with Gasteiger partial charge in [-0.1, -0.05) is 0 Å². The molecule has 0 saturated carbocycles. The van der Waals surface area contributed by atoms with E-state index in [1.54, 1.807) is 22.9 Å². The van der Waals surface area contributed by atoms with E-state index in [9.17, 15) is 9.18 Å². The van der Waals surface area contributed by atoms with Gasteiger partial charge in [-0.3, -0.25) is 9.48 Å². The molecule has 154 valence electrons. The highest BCUT2D eigenvalue weighted by Gasteiger charge is 2.18. The lowest BCUT2D eigenvalue weighted by molar-refractivity contribution is 0.102. The van der Waals surface area contributed by atoms with Gasteiger partial charge in [0.1, 0.15) is 11.6 Å². The van der Waals surface area contributed by atoms with Crippen LogP contribution in [0.1, 0.15) is 10.4 Å². The molecule has 29 heavy (non-hydrogen) atoms. The summed E-state index contributed by atoms with van der Waals surface area (Å²) in [5.74, 6) is -0.510. The van der Waals surface area contributed by atoms with Crippen LogP contribution in [-0.2, 0) is 7.05 Å². The van der Waals surface area contributed by atoms with Crippen LogP contribution in [0.2, 0.25) is 0 Å². The third kappa shape index (κ3) is 4.28. The quantitative estimate of drug-likeness (QED) is 0.680. The Morgan fingerprint density at radius 1 is 1.24 bits per heavy atom. The summed E-state index contributed by atoms with van der Waals surface area (Å²) in [5.41, 5.74) is 2.00. The molecule has 0 aliphatic carbocycles. The zero-order valence-corrected chi connectivity index (χ0v) is 17.1. The molecule has 2 heterocycles. The molecule has 7 nitrogen and oxygen atoms in total. The maximum Gasteiger partial charge on any atom is 0.259 e. The molecule has 0 bridgehead atoms. The lowest BCUT2D eigenvalue weighted by Gasteiger charge is -2.29. The standard InChI is InChI=1S/C20H22FN5O2.ClH/c1-25-12-13-9-15(19(28-2)11-18(13)24-25)20(27)23-17-4-3-14(10-16(17)21)26-7-5-22-6-8-26;/h3-4,9-12,22H,5-8H2,1-2H3,(H,23,27);1H. The van der Waals surface area contributed by atoms with Crippen molar-refractivity contribution < 1.29 is 13.9 Å². The van der Waals surface area contributed by atoms with Crippen molar-refractivity contribution in [2.24, 2.45) is 7.05 Å². The Balaban J connectivity index is 0.00000240. The molecule has 1 aromatic heterocycles. The van der Waals surface area contributed by atoms with Gasteiger partial charge >= 0.3 is 0 Å². The van der Waals surface area contributed by atoms with Gasteiger partial charge in [0.25, 0.3) is 5.91 Å². The average molecular weight is 420 g/mol. The smallest absolute Gasteiger partial charge is 0.259 e. The fourth-order valence-electron chi connectivity index (χ4n) is 3.44. The molecule has 0 atom stereocenters. The molecule has 1 amide bonds. The van der Waals surface area contributed by atoms with E-state index in [-0.39, 0.29) is 18.1 Å². The zero-order chi connectivity index (χ0) is 19.7. The minimum atomic E-state index is -0.467. The van der Waals surface area contributed by atoms with E-state index in [2.05, 4.69) is 20.6 Å². The maximum absolute atomic E-state index is 14.6. The van der Waals surface area contributed by atoms with Crippen LogP contribution < -0.4 is 20.3 Å². The normalized spacial score (nSPS) is 13.8. The first-order valence-electron chi connectivity index (χ1n) is 9.13. The van der Waals surface area contributed by atoms with E-state index in [1.807, 2.05) is 19.3 Å². The zero-order valence-electron chi connectivity index (χ0n) is 16.2. The minimum Gasteiger partial charge on any atom is -0.496 e. The third-order valence-electron chi connectivity index (χ3n) is 4.87. The predicted molar refractivity (Wildman–Crippen MR) is 114 cm³/mol. The first-order chi connectivity index (χ1) is 13.5. The molecule has 0 unspecified atom stereocenters. The second-order valence-electron chi connectivity index (χ2n) is 6.77. The Hall–Kier alpha value is -2.84. The number of amides is 1. The van der Waals surface area contributed by atoms with Crippen LogP contribution >= 0.6 is 12.4 Å². The van der Waals surface area contributed by atoms with Gasteiger partial charge < -0.3 is 20.3 Å². The van der Waals surface area contributed by atoms with Crippen LogP contribution in [-0.4, -0.2) is 49.0 Å². The Kier molecular flexibility index (Phi) is 6.24. The summed E-state index contributed by atoms with van der Waals surface area (Å²) in [7, 11) is 3.30. The Bertz CT molecular complexity index is 1030. The van der Waals surface area contributed by atoms with Crippen molar-refractivity contribution in [3.8, 4) is 5.75 Å². The van der Waals surface area contributed by atoms with Gasteiger partial charge in [0, 0.05) is 56.6 Å². The van der Waals surface area contributed by atoms with Crippen molar-refractivity contribution in [2.75, 3.05) is 43.5 Å². The van der Waals surface area contributed by atoms with Crippen LogP contribution in [0.4, 0.5) is 15.8 Å². The molecule has 1 fully saturated rings. The largest absolute Gasteiger partial charge is 0.496 e. The van der Waals surface area contributed by atoms with E-state index < -0.39 is 11.7 Å². The Morgan fingerprint density at radius 3 is 2.69 bits per heavy atom. The van der Waals surface area contributed by atoms with Crippen molar-refractivity contribution in [3.63, 3.8) is 0 Å². The van der Waals surface area contributed by atoms with Crippen LogP contribution in [0.25, 0.3) is 10.9 Å². The Morgan fingerprint density at radius 2 is 2.00 bits per heavy atom. The van der Waals surface area contributed by atoms with Gasteiger partial charge in [0.15, 0.2) is 0 Å². The van der Waals surface area contributed by atoms with Crippen molar-refractivity contribution in [1.82, 2.24) is 15.1 Å². The van der Waals surface area contributed by atoms with Crippen LogP contribution in [0, 0.1) is 5.82 Å². The predicted octanol–water partition coefficient (Wildman–Crippen LogP) is 2.80. The number of fused-ring (bicyclic) bond motifs is 1. The van der Waals surface area contributed by atoms with Crippen molar-refractivity contribution in [1.29, 1.82) is 0 Å². The van der Waals surface area contributed by atoms with Gasteiger partial charge in [0.05, 0.1) is 23.9 Å². The van der Waals surface area contributed by atoms with E-state index in [4.69, 9.17) is 4.74 Å². The number of ether oxygens (including phenoxy) is 1. The van der Waals surface area contributed by atoms with Gasteiger partial charge in [-0.15, -0.1) is 12.4 Å². The minimum absolute atomic E-state index is 0. The molecule has 0 spiro atoms. The molecule has 1 aliphatic rings. The summed E-state index contributed by atoms with van der Waals surface area (Å²) in [6, 6.07) is 8.28. The number of benzene rings is 2. The summed E-state index contributed by atoms with van der Waals surface area (Å²) in [6.45, 7) is 3.40. The molecule has 9 heteroatoms. The van der Waals surface area contributed by atoms with E-state index in [0.717, 1.165) is 42.8 Å². The van der Waals surface area contributed by atoms with Crippen LogP contribution in [0.15, 0.2) is 36.5 Å². The van der Waals surface area contributed by atoms with Gasteiger partial charge in [-0.05, 0) is 24.3 Å². The van der Waals surface area contributed by atoms with Crippen molar-refractivity contribution in [3.05, 3.63) is 47.9 Å². The van der Waals surface area contributed by atoms with Gasteiger partial charge in [-0.2, -0.15) is 5.10 Å². The third-order valence-corrected chi connectivity index (χ3v) is 4.87. The highest BCUT2D eigenvalue weighted by Crippen LogP contribution is 2.27. The lowest BCUT2D eigenvalue weighted by atomic mass is 10.1.